The lowest BCUT2D eigenvalue weighted by molar-refractivity contribution is -0.140. The average molecular weight is 460 g/mol. The second-order valence-corrected chi connectivity index (χ2v) is 10.9. The SMILES string of the molecule is CC(C)[C@H](NC(=O)c1cc(C2CC2)c(OCCCC2CC3CCCC(C2)C3)cc1F)C(=O)O. The first kappa shape index (κ1) is 24.0. The summed E-state index contributed by atoms with van der Waals surface area (Å²) in [7, 11) is 0. The minimum atomic E-state index is -1.12. The van der Waals surface area contributed by atoms with Crippen molar-refractivity contribution in [2.75, 3.05) is 6.61 Å². The van der Waals surface area contributed by atoms with Crippen LogP contribution in [-0.4, -0.2) is 29.6 Å². The minimum Gasteiger partial charge on any atom is -0.493 e. The largest absolute Gasteiger partial charge is 0.493 e. The van der Waals surface area contributed by atoms with Gasteiger partial charge in [-0.05, 0) is 86.2 Å². The van der Waals surface area contributed by atoms with Gasteiger partial charge in [0.2, 0.25) is 0 Å². The summed E-state index contributed by atoms with van der Waals surface area (Å²) in [5.41, 5.74) is 0.759. The standard InChI is InChI=1S/C27H38FNO4/c1-16(2)25(27(31)32)29-26(30)22-14-21(20-8-9-20)24(15-23(22)28)33-10-4-7-19-12-17-5-3-6-18(11-17)13-19/h14-20,25H,3-13H2,1-2H3,(H,29,30)(H,31,32)/t17?,18?,19?,25-/m0/s1. The molecular weight excluding hydrogens is 421 g/mol. The molecule has 0 aromatic heterocycles. The molecule has 3 atom stereocenters. The Morgan fingerprint density at radius 2 is 1.82 bits per heavy atom. The number of carbonyl (C=O) groups is 2. The van der Waals surface area contributed by atoms with Crippen LogP contribution >= 0.6 is 0 Å². The molecule has 1 aromatic carbocycles. The molecule has 33 heavy (non-hydrogen) atoms. The van der Waals surface area contributed by atoms with Crippen molar-refractivity contribution in [3.8, 4) is 5.75 Å². The van der Waals surface area contributed by atoms with Crippen LogP contribution in [0.5, 0.6) is 5.75 Å². The number of hydrogen-bond donors (Lipinski definition) is 2. The minimum absolute atomic E-state index is 0.107. The van der Waals surface area contributed by atoms with Crippen LogP contribution in [0, 0.1) is 29.5 Å². The van der Waals surface area contributed by atoms with Crippen LogP contribution in [-0.2, 0) is 4.79 Å². The number of carboxylic acids is 1. The van der Waals surface area contributed by atoms with Gasteiger partial charge in [-0.2, -0.15) is 0 Å². The van der Waals surface area contributed by atoms with E-state index in [0.29, 0.717) is 12.4 Å². The van der Waals surface area contributed by atoms with Gasteiger partial charge in [-0.25, -0.2) is 9.18 Å². The molecule has 4 rings (SSSR count). The highest BCUT2D eigenvalue weighted by atomic mass is 19.1. The van der Waals surface area contributed by atoms with Crippen molar-refractivity contribution in [2.24, 2.45) is 23.7 Å². The monoisotopic (exact) mass is 459 g/mol. The molecule has 5 nitrogen and oxygen atoms in total. The Bertz CT molecular complexity index is 854. The van der Waals surface area contributed by atoms with Gasteiger partial charge in [0.05, 0.1) is 12.2 Å². The molecule has 2 unspecified atom stereocenters. The van der Waals surface area contributed by atoms with E-state index < -0.39 is 23.7 Å². The number of amides is 1. The van der Waals surface area contributed by atoms with E-state index >= 15 is 0 Å². The Hall–Kier alpha value is -2.11. The Balaban J connectivity index is 1.36. The summed E-state index contributed by atoms with van der Waals surface area (Å²) < 4.78 is 20.9. The number of hydrogen-bond acceptors (Lipinski definition) is 3. The molecule has 182 valence electrons. The highest BCUT2D eigenvalue weighted by Crippen LogP contribution is 2.46. The van der Waals surface area contributed by atoms with Gasteiger partial charge in [0.15, 0.2) is 0 Å². The summed E-state index contributed by atoms with van der Waals surface area (Å²) in [5.74, 6) is 0.682. The zero-order valence-corrected chi connectivity index (χ0v) is 19.9. The molecule has 3 aliphatic rings. The molecular formula is C27H38FNO4. The lowest BCUT2D eigenvalue weighted by Gasteiger charge is -2.39. The van der Waals surface area contributed by atoms with Crippen LogP contribution in [0.1, 0.15) is 99.9 Å². The summed E-state index contributed by atoms with van der Waals surface area (Å²) in [6, 6.07) is 1.83. The molecule has 3 fully saturated rings. The molecule has 1 aromatic rings. The second-order valence-electron chi connectivity index (χ2n) is 10.9. The first-order valence-corrected chi connectivity index (χ1v) is 12.8. The molecule has 0 saturated heterocycles. The first-order chi connectivity index (χ1) is 15.8. The molecule has 6 heteroatoms. The quantitative estimate of drug-likeness (QED) is 0.426. The number of carboxylic acid groups (broad SMARTS) is 1. The number of fused-ring (bicyclic) bond motifs is 2. The van der Waals surface area contributed by atoms with Crippen LogP contribution in [0.2, 0.25) is 0 Å². The van der Waals surface area contributed by atoms with E-state index in [-0.39, 0.29) is 17.4 Å². The van der Waals surface area contributed by atoms with Crippen molar-refractivity contribution in [1.82, 2.24) is 5.32 Å². The van der Waals surface area contributed by atoms with Gasteiger partial charge in [-0.15, -0.1) is 0 Å². The van der Waals surface area contributed by atoms with Gasteiger partial charge >= 0.3 is 5.97 Å². The zero-order valence-electron chi connectivity index (χ0n) is 19.9. The third-order valence-electron chi connectivity index (χ3n) is 7.82. The Morgan fingerprint density at radius 1 is 1.12 bits per heavy atom. The summed E-state index contributed by atoms with van der Waals surface area (Å²) in [5, 5.41) is 11.8. The highest BCUT2D eigenvalue weighted by Gasteiger charge is 2.32. The van der Waals surface area contributed by atoms with Gasteiger partial charge in [0.1, 0.15) is 17.6 Å². The third-order valence-corrected chi connectivity index (χ3v) is 7.82. The normalized spacial score (nSPS) is 25.5. The van der Waals surface area contributed by atoms with Gasteiger partial charge in [0.25, 0.3) is 5.91 Å². The predicted molar refractivity (Wildman–Crippen MR) is 125 cm³/mol. The highest BCUT2D eigenvalue weighted by molar-refractivity contribution is 5.97. The molecule has 0 spiro atoms. The van der Waals surface area contributed by atoms with E-state index in [0.717, 1.165) is 42.6 Å². The summed E-state index contributed by atoms with van der Waals surface area (Å²) in [6.45, 7) is 3.98. The fourth-order valence-corrected chi connectivity index (χ4v) is 5.98. The van der Waals surface area contributed by atoms with Gasteiger partial charge in [-0.3, -0.25) is 4.79 Å². The maximum absolute atomic E-state index is 14.9. The van der Waals surface area contributed by atoms with Crippen LogP contribution in [0.4, 0.5) is 4.39 Å². The van der Waals surface area contributed by atoms with Crippen LogP contribution < -0.4 is 10.1 Å². The number of rotatable bonds is 10. The third kappa shape index (κ3) is 6.07. The molecule has 3 aliphatic carbocycles. The number of halogens is 1. The number of nitrogens with one attached hydrogen (secondary N) is 1. The Morgan fingerprint density at radius 3 is 2.42 bits per heavy atom. The van der Waals surface area contributed by atoms with Crippen LogP contribution in [0.3, 0.4) is 0 Å². The van der Waals surface area contributed by atoms with Gasteiger partial charge in [-0.1, -0.05) is 33.1 Å². The fraction of sp³-hybridized carbons (Fsp3) is 0.704. The van der Waals surface area contributed by atoms with E-state index in [1.807, 2.05) is 0 Å². The summed E-state index contributed by atoms with van der Waals surface area (Å²) in [6.07, 6.45) is 12.5. The number of ether oxygens (including phenoxy) is 1. The number of carbonyl (C=O) groups excluding carboxylic acids is 1. The van der Waals surface area contributed by atoms with Crippen LogP contribution in [0.25, 0.3) is 0 Å². The number of aliphatic carboxylic acids is 1. The molecule has 0 aliphatic heterocycles. The van der Waals surface area contributed by atoms with Gasteiger partial charge in [0, 0.05) is 6.07 Å². The summed E-state index contributed by atoms with van der Waals surface area (Å²) >= 11 is 0. The summed E-state index contributed by atoms with van der Waals surface area (Å²) in [4.78, 5) is 24.1. The lowest BCUT2D eigenvalue weighted by Crippen LogP contribution is -2.44. The molecule has 3 saturated carbocycles. The molecule has 1 amide bonds. The molecule has 2 bridgehead atoms. The lowest BCUT2D eigenvalue weighted by atomic mass is 9.67. The smallest absolute Gasteiger partial charge is 0.326 e. The van der Waals surface area contributed by atoms with Crippen molar-refractivity contribution in [2.45, 2.75) is 90.0 Å². The molecule has 0 heterocycles. The van der Waals surface area contributed by atoms with Crippen molar-refractivity contribution in [3.05, 3.63) is 29.1 Å². The zero-order chi connectivity index (χ0) is 23.5. The van der Waals surface area contributed by atoms with Crippen LogP contribution in [0.15, 0.2) is 12.1 Å². The molecule has 2 N–H and O–H groups in total. The van der Waals surface area contributed by atoms with Crippen molar-refractivity contribution in [3.63, 3.8) is 0 Å². The average Bonchev–Trinajstić information content (AvgIpc) is 3.59. The fourth-order valence-electron chi connectivity index (χ4n) is 5.98. The first-order valence-electron chi connectivity index (χ1n) is 12.8. The Kier molecular flexibility index (Phi) is 7.60. The van der Waals surface area contributed by atoms with E-state index in [1.54, 1.807) is 19.9 Å². The van der Waals surface area contributed by atoms with E-state index in [1.165, 1.54) is 51.0 Å². The Labute approximate surface area is 196 Å². The van der Waals surface area contributed by atoms with Gasteiger partial charge < -0.3 is 15.2 Å². The maximum Gasteiger partial charge on any atom is 0.326 e. The van der Waals surface area contributed by atoms with E-state index in [4.69, 9.17) is 4.74 Å². The number of benzene rings is 1. The second kappa shape index (κ2) is 10.4. The van der Waals surface area contributed by atoms with Crippen molar-refractivity contribution in [1.29, 1.82) is 0 Å². The van der Waals surface area contributed by atoms with Crippen molar-refractivity contribution < 1.29 is 23.8 Å². The topological polar surface area (TPSA) is 75.6 Å². The van der Waals surface area contributed by atoms with E-state index in [9.17, 15) is 19.1 Å². The maximum atomic E-state index is 14.9. The predicted octanol–water partition coefficient (Wildman–Crippen LogP) is 5.92. The molecule has 0 radical (unpaired) electrons. The van der Waals surface area contributed by atoms with E-state index in [2.05, 4.69) is 5.32 Å². The van der Waals surface area contributed by atoms with Crippen molar-refractivity contribution >= 4 is 11.9 Å².